The number of hydrogen-bond acceptors (Lipinski definition) is 3. The number of esters is 1. The van der Waals surface area contributed by atoms with Crippen molar-refractivity contribution in [2.45, 2.75) is 26.3 Å². The summed E-state index contributed by atoms with van der Waals surface area (Å²) in [5.41, 5.74) is 0. The van der Waals surface area contributed by atoms with Gasteiger partial charge in [-0.05, 0) is 25.8 Å². The summed E-state index contributed by atoms with van der Waals surface area (Å²) >= 11 is 0. The van der Waals surface area contributed by atoms with Gasteiger partial charge in [0.2, 0.25) is 0 Å². The molecule has 3 heteroatoms. The Labute approximate surface area is 73.7 Å². The standard InChI is InChI=1S/C9H17NO2/c1-7-4-5-10(6-7)8(2)9(11)12-3/h7-8H,4-6H2,1-3H3. The smallest absolute Gasteiger partial charge is 0.322 e. The molecule has 0 N–H and O–H groups in total. The fourth-order valence-electron chi connectivity index (χ4n) is 1.64. The van der Waals surface area contributed by atoms with Crippen LogP contribution in [0.5, 0.6) is 0 Å². The number of hydrogen-bond donors (Lipinski definition) is 0. The number of rotatable bonds is 2. The van der Waals surface area contributed by atoms with Crippen LogP contribution in [0.1, 0.15) is 20.3 Å². The number of ether oxygens (including phenoxy) is 1. The van der Waals surface area contributed by atoms with Gasteiger partial charge in [0.25, 0.3) is 0 Å². The predicted octanol–water partition coefficient (Wildman–Crippen LogP) is 0.890. The van der Waals surface area contributed by atoms with Gasteiger partial charge in [-0.25, -0.2) is 0 Å². The van der Waals surface area contributed by atoms with Gasteiger partial charge < -0.3 is 4.74 Å². The molecule has 0 aromatic heterocycles. The Morgan fingerprint density at radius 2 is 2.33 bits per heavy atom. The third-order valence-corrected chi connectivity index (χ3v) is 2.55. The lowest BCUT2D eigenvalue weighted by atomic mass is 10.2. The molecule has 1 heterocycles. The summed E-state index contributed by atoms with van der Waals surface area (Å²) in [4.78, 5) is 13.3. The van der Waals surface area contributed by atoms with Crippen LogP contribution >= 0.6 is 0 Å². The number of methoxy groups -OCH3 is 1. The molecule has 1 saturated heterocycles. The van der Waals surface area contributed by atoms with Crippen molar-refractivity contribution >= 4 is 5.97 Å². The van der Waals surface area contributed by atoms with Gasteiger partial charge in [0.05, 0.1) is 7.11 Å². The quantitative estimate of drug-likeness (QED) is 0.578. The third-order valence-electron chi connectivity index (χ3n) is 2.55. The monoisotopic (exact) mass is 171 g/mol. The number of nitrogens with zero attached hydrogens (tertiary/aromatic N) is 1. The van der Waals surface area contributed by atoms with E-state index >= 15 is 0 Å². The van der Waals surface area contributed by atoms with E-state index in [1.54, 1.807) is 0 Å². The highest BCUT2D eigenvalue weighted by atomic mass is 16.5. The normalized spacial score (nSPS) is 27.1. The van der Waals surface area contributed by atoms with Crippen molar-refractivity contribution in [2.75, 3.05) is 20.2 Å². The Morgan fingerprint density at radius 1 is 1.67 bits per heavy atom. The lowest BCUT2D eigenvalue weighted by Gasteiger charge is -2.21. The van der Waals surface area contributed by atoms with E-state index in [-0.39, 0.29) is 12.0 Å². The van der Waals surface area contributed by atoms with E-state index in [2.05, 4.69) is 16.6 Å². The minimum absolute atomic E-state index is 0.0695. The van der Waals surface area contributed by atoms with Crippen molar-refractivity contribution in [3.63, 3.8) is 0 Å². The largest absolute Gasteiger partial charge is 0.468 e. The van der Waals surface area contributed by atoms with Crippen LogP contribution in [0.15, 0.2) is 0 Å². The highest BCUT2D eigenvalue weighted by Gasteiger charge is 2.27. The maximum absolute atomic E-state index is 11.1. The van der Waals surface area contributed by atoms with Gasteiger partial charge >= 0.3 is 5.97 Å². The second-order valence-corrected chi connectivity index (χ2v) is 3.59. The van der Waals surface area contributed by atoms with Crippen LogP contribution < -0.4 is 0 Å². The highest BCUT2D eigenvalue weighted by Crippen LogP contribution is 2.17. The summed E-state index contributed by atoms with van der Waals surface area (Å²) in [5.74, 6) is 0.598. The maximum atomic E-state index is 11.1. The van der Waals surface area contributed by atoms with Crippen LogP contribution in [0.4, 0.5) is 0 Å². The van der Waals surface area contributed by atoms with Crippen molar-refractivity contribution < 1.29 is 9.53 Å². The molecule has 2 atom stereocenters. The van der Waals surface area contributed by atoms with Gasteiger partial charge in [-0.1, -0.05) is 6.92 Å². The zero-order chi connectivity index (χ0) is 9.14. The minimum Gasteiger partial charge on any atom is -0.468 e. The first-order valence-electron chi connectivity index (χ1n) is 4.47. The van der Waals surface area contributed by atoms with Crippen molar-refractivity contribution in [2.24, 2.45) is 5.92 Å². The highest BCUT2D eigenvalue weighted by molar-refractivity contribution is 5.75. The van der Waals surface area contributed by atoms with E-state index in [0.717, 1.165) is 19.0 Å². The fourth-order valence-corrected chi connectivity index (χ4v) is 1.64. The van der Waals surface area contributed by atoms with Crippen LogP contribution in [0, 0.1) is 5.92 Å². The van der Waals surface area contributed by atoms with Crippen molar-refractivity contribution in [1.82, 2.24) is 4.90 Å². The molecule has 0 bridgehead atoms. The van der Waals surface area contributed by atoms with E-state index in [9.17, 15) is 4.79 Å². The van der Waals surface area contributed by atoms with E-state index < -0.39 is 0 Å². The number of carbonyl (C=O) groups excluding carboxylic acids is 1. The lowest BCUT2D eigenvalue weighted by Crippen LogP contribution is -2.37. The van der Waals surface area contributed by atoms with E-state index in [0.29, 0.717) is 0 Å². The Morgan fingerprint density at radius 3 is 2.75 bits per heavy atom. The van der Waals surface area contributed by atoms with Gasteiger partial charge in [-0.2, -0.15) is 0 Å². The summed E-state index contributed by atoms with van der Waals surface area (Å²) in [6, 6.07) is -0.0695. The molecule has 70 valence electrons. The molecule has 2 unspecified atom stereocenters. The first-order chi connectivity index (χ1) is 5.65. The summed E-state index contributed by atoms with van der Waals surface area (Å²) < 4.78 is 4.68. The second kappa shape index (κ2) is 3.90. The van der Waals surface area contributed by atoms with Crippen molar-refractivity contribution in [1.29, 1.82) is 0 Å². The molecule has 0 aromatic rings. The molecule has 0 aliphatic carbocycles. The molecular formula is C9H17NO2. The van der Waals surface area contributed by atoms with E-state index in [4.69, 9.17) is 0 Å². The maximum Gasteiger partial charge on any atom is 0.322 e. The van der Waals surface area contributed by atoms with Gasteiger partial charge in [0.1, 0.15) is 6.04 Å². The molecule has 1 aliphatic heterocycles. The average Bonchev–Trinajstić information content (AvgIpc) is 2.49. The molecule has 1 rings (SSSR count). The number of carbonyl (C=O) groups is 1. The molecule has 0 amide bonds. The second-order valence-electron chi connectivity index (χ2n) is 3.59. The lowest BCUT2D eigenvalue weighted by molar-refractivity contribution is -0.145. The van der Waals surface area contributed by atoms with Crippen molar-refractivity contribution in [3.05, 3.63) is 0 Å². The SMILES string of the molecule is COC(=O)C(C)N1CCC(C)C1. The molecule has 1 fully saturated rings. The summed E-state index contributed by atoms with van der Waals surface area (Å²) in [6.45, 7) is 6.17. The zero-order valence-electron chi connectivity index (χ0n) is 8.04. The Balaban J connectivity index is 2.42. The molecule has 0 aromatic carbocycles. The van der Waals surface area contributed by atoms with Crippen LogP contribution in [-0.4, -0.2) is 37.1 Å². The molecule has 12 heavy (non-hydrogen) atoms. The Kier molecular flexibility index (Phi) is 3.09. The Bertz CT molecular complexity index is 170. The number of likely N-dealkylation sites (tertiary alicyclic amines) is 1. The van der Waals surface area contributed by atoms with Crippen molar-refractivity contribution in [3.8, 4) is 0 Å². The van der Waals surface area contributed by atoms with Gasteiger partial charge in [-0.15, -0.1) is 0 Å². The average molecular weight is 171 g/mol. The van der Waals surface area contributed by atoms with Gasteiger partial charge in [-0.3, -0.25) is 9.69 Å². The third kappa shape index (κ3) is 1.97. The van der Waals surface area contributed by atoms with Crippen LogP contribution in [-0.2, 0) is 9.53 Å². The first kappa shape index (κ1) is 9.52. The minimum atomic E-state index is -0.121. The molecule has 0 spiro atoms. The first-order valence-corrected chi connectivity index (χ1v) is 4.47. The summed E-state index contributed by atoms with van der Waals surface area (Å²) in [6.07, 6.45) is 1.20. The summed E-state index contributed by atoms with van der Waals surface area (Å²) in [5, 5.41) is 0. The molecule has 3 nitrogen and oxygen atoms in total. The van der Waals surface area contributed by atoms with Crippen LogP contribution in [0.2, 0.25) is 0 Å². The van der Waals surface area contributed by atoms with Crippen LogP contribution in [0.3, 0.4) is 0 Å². The molecular weight excluding hydrogens is 154 g/mol. The predicted molar refractivity (Wildman–Crippen MR) is 46.8 cm³/mol. The van der Waals surface area contributed by atoms with Crippen LogP contribution in [0.25, 0.3) is 0 Å². The molecule has 1 aliphatic rings. The fraction of sp³-hybridized carbons (Fsp3) is 0.889. The van der Waals surface area contributed by atoms with Gasteiger partial charge in [0.15, 0.2) is 0 Å². The Hall–Kier alpha value is -0.570. The topological polar surface area (TPSA) is 29.5 Å². The molecule has 0 saturated carbocycles. The van der Waals surface area contributed by atoms with E-state index in [1.807, 2.05) is 6.92 Å². The molecule has 0 radical (unpaired) electrons. The van der Waals surface area contributed by atoms with Gasteiger partial charge in [0, 0.05) is 6.54 Å². The summed E-state index contributed by atoms with van der Waals surface area (Å²) in [7, 11) is 1.44. The zero-order valence-corrected chi connectivity index (χ0v) is 8.04. The van der Waals surface area contributed by atoms with E-state index in [1.165, 1.54) is 13.5 Å².